The van der Waals surface area contributed by atoms with Gasteiger partial charge >= 0.3 is 0 Å². The summed E-state index contributed by atoms with van der Waals surface area (Å²) in [5.74, 6) is 0. The van der Waals surface area contributed by atoms with E-state index in [2.05, 4.69) is 18.1 Å². The first-order chi connectivity index (χ1) is 5.86. The van der Waals surface area contributed by atoms with Gasteiger partial charge in [0.05, 0.1) is 5.56 Å². The van der Waals surface area contributed by atoms with Crippen molar-refractivity contribution in [2.45, 2.75) is 26.2 Å². The fraction of sp³-hybridized carbons (Fsp3) is 0.400. The summed E-state index contributed by atoms with van der Waals surface area (Å²) in [6.45, 7) is 2.15. The maximum Gasteiger partial charge on any atom is 0.108 e. The molecule has 0 N–H and O–H groups in total. The summed E-state index contributed by atoms with van der Waals surface area (Å²) in [6.07, 6.45) is 5.98. The molecule has 0 aliphatic carbocycles. The minimum Gasteiger partial charge on any atom is -0.250 e. The second kappa shape index (κ2) is 4.50. The molecule has 0 saturated heterocycles. The lowest BCUT2D eigenvalue weighted by Gasteiger charge is -1.96. The summed E-state index contributed by atoms with van der Waals surface area (Å²) in [4.78, 5) is 4.04. The molecule has 1 heterocycles. The van der Waals surface area contributed by atoms with Crippen LogP contribution in [0.15, 0.2) is 12.1 Å². The van der Waals surface area contributed by atoms with Crippen LogP contribution in [0.25, 0.3) is 0 Å². The number of aromatic nitrogens is 1. The van der Waals surface area contributed by atoms with E-state index in [-0.39, 0.29) is 0 Å². The van der Waals surface area contributed by atoms with Gasteiger partial charge in [-0.25, -0.2) is 4.98 Å². The Morgan fingerprint density at radius 1 is 1.58 bits per heavy atom. The van der Waals surface area contributed by atoms with Crippen molar-refractivity contribution >= 4 is 0 Å². The SMILES string of the molecule is CCCCc1ccc(C#N)[c]n1. The number of hydrogen-bond donors (Lipinski definition) is 0. The lowest BCUT2D eigenvalue weighted by atomic mass is 10.2. The topological polar surface area (TPSA) is 36.7 Å². The van der Waals surface area contributed by atoms with Gasteiger partial charge in [-0.1, -0.05) is 13.3 Å². The Hall–Kier alpha value is -1.36. The summed E-state index contributed by atoms with van der Waals surface area (Å²) < 4.78 is 0. The van der Waals surface area contributed by atoms with Crippen molar-refractivity contribution in [3.8, 4) is 6.07 Å². The van der Waals surface area contributed by atoms with Crippen LogP contribution in [-0.4, -0.2) is 4.98 Å². The van der Waals surface area contributed by atoms with Gasteiger partial charge in [0.25, 0.3) is 0 Å². The van der Waals surface area contributed by atoms with Crippen molar-refractivity contribution in [1.29, 1.82) is 5.26 Å². The predicted octanol–water partition coefficient (Wildman–Crippen LogP) is 2.10. The van der Waals surface area contributed by atoms with Crippen LogP contribution in [0, 0.1) is 17.5 Å². The molecule has 1 radical (unpaired) electrons. The normalized spacial score (nSPS) is 9.33. The smallest absolute Gasteiger partial charge is 0.108 e. The molecule has 1 aromatic heterocycles. The van der Waals surface area contributed by atoms with Gasteiger partial charge < -0.3 is 0 Å². The second-order valence-electron chi connectivity index (χ2n) is 2.68. The van der Waals surface area contributed by atoms with E-state index in [1.54, 1.807) is 6.07 Å². The standard InChI is InChI=1S/C10H11N2/c1-2-3-4-10-6-5-9(7-11)8-12-10/h5-6H,2-4H2,1H3. The van der Waals surface area contributed by atoms with Gasteiger partial charge in [0.15, 0.2) is 0 Å². The van der Waals surface area contributed by atoms with Crippen LogP contribution < -0.4 is 0 Å². The summed E-state index contributed by atoms with van der Waals surface area (Å²) in [5, 5.41) is 8.48. The van der Waals surface area contributed by atoms with Crippen LogP contribution in [-0.2, 0) is 6.42 Å². The Labute approximate surface area is 72.9 Å². The monoisotopic (exact) mass is 159 g/mol. The molecule has 1 aromatic rings. The molecule has 0 atom stereocenters. The third-order valence-corrected chi connectivity index (χ3v) is 1.67. The van der Waals surface area contributed by atoms with Crippen molar-refractivity contribution < 1.29 is 0 Å². The second-order valence-corrected chi connectivity index (χ2v) is 2.68. The van der Waals surface area contributed by atoms with Crippen LogP contribution in [0.4, 0.5) is 0 Å². The average molecular weight is 159 g/mol. The zero-order valence-corrected chi connectivity index (χ0v) is 7.17. The van der Waals surface area contributed by atoms with Gasteiger partial charge in [0.2, 0.25) is 0 Å². The highest BCUT2D eigenvalue weighted by atomic mass is 14.7. The number of hydrogen-bond acceptors (Lipinski definition) is 2. The molecule has 2 heteroatoms. The van der Waals surface area contributed by atoms with Crippen molar-refractivity contribution in [2.75, 3.05) is 0 Å². The van der Waals surface area contributed by atoms with Crippen molar-refractivity contribution in [3.63, 3.8) is 0 Å². The van der Waals surface area contributed by atoms with E-state index < -0.39 is 0 Å². The van der Waals surface area contributed by atoms with Gasteiger partial charge in [-0.3, -0.25) is 0 Å². The van der Waals surface area contributed by atoms with Gasteiger partial charge in [0, 0.05) is 5.69 Å². The van der Waals surface area contributed by atoms with Crippen LogP contribution in [0.5, 0.6) is 0 Å². The van der Waals surface area contributed by atoms with Gasteiger partial charge in [0.1, 0.15) is 12.3 Å². The summed E-state index contributed by atoms with van der Waals surface area (Å²) in [6, 6.07) is 5.65. The van der Waals surface area contributed by atoms with Crippen LogP contribution >= 0.6 is 0 Å². The highest BCUT2D eigenvalue weighted by Crippen LogP contribution is 2.02. The number of nitriles is 1. The first kappa shape index (κ1) is 8.73. The summed E-state index contributed by atoms with van der Waals surface area (Å²) in [5.41, 5.74) is 1.53. The summed E-state index contributed by atoms with van der Waals surface area (Å²) in [7, 11) is 0. The Morgan fingerprint density at radius 2 is 2.42 bits per heavy atom. The van der Waals surface area contributed by atoms with Crippen molar-refractivity contribution in [1.82, 2.24) is 4.98 Å². The Bertz CT molecular complexity index is 269. The molecular formula is C10H11N2. The zero-order chi connectivity index (χ0) is 8.81. The maximum absolute atomic E-state index is 8.48. The van der Waals surface area contributed by atoms with Gasteiger partial charge in [-0.15, -0.1) is 0 Å². The molecule has 2 nitrogen and oxygen atoms in total. The third-order valence-electron chi connectivity index (χ3n) is 1.67. The van der Waals surface area contributed by atoms with Gasteiger partial charge in [-0.2, -0.15) is 5.26 Å². The molecule has 0 saturated carbocycles. The average Bonchev–Trinajstić information content (AvgIpc) is 2.15. The van der Waals surface area contributed by atoms with E-state index in [0.29, 0.717) is 5.56 Å². The molecule has 0 bridgehead atoms. The molecule has 0 aromatic carbocycles. The number of pyridine rings is 1. The van der Waals surface area contributed by atoms with E-state index >= 15 is 0 Å². The number of rotatable bonds is 3. The van der Waals surface area contributed by atoms with Crippen LogP contribution in [0.1, 0.15) is 31.0 Å². The minimum absolute atomic E-state index is 0.509. The minimum atomic E-state index is 0.509. The molecular weight excluding hydrogens is 148 g/mol. The summed E-state index contributed by atoms with van der Waals surface area (Å²) >= 11 is 0. The zero-order valence-electron chi connectivity index (χ0n) is 7.17. The Balaban J connectivity index is 2.60. The van der Waals surface area contributed by atoms with Gasteiger partial charge in [-0.05, 0) is 25.0 Å². The highest BCUT2D eigenvalue weighted by Gasteiger charge is 1.94. The van der Waals surface area contributed by atoms with Crippen molar-refractivity contribution in [2.24, 2.45) is 0 Å². The molecule has 61 valence electrons. The van der Waals surface area contributed by atoms with Crippen LogP contribution in [0.2, 0.25) is 0 Å². The van der Waals surface area contributed by atoms with E-state index in [1.165, 1.54) is 6.42 Å². The molecule has 1 rings (SSSR count). The molecule has 0 fully saturated rings. The number of nitrogens with zero attached hydrogens (tertiary/aromatic N) is 2. The lowest BCUT2D eigenvalue weighted by Crippen LogP contribution is -1.90. The predicted molar refractivity (Wildman–Crippen MR) is 46.4 cm³/mol. The fourth-order valence-corrected chi connectivity index (χ4v) is 0.945. The molecule has 0 aliphatic rings. The van der Waals surface area contributed by atoms with E-state index in [1.807, 2.05) is 12.1 Å². The molecule has 0 unspecified atom stereocenters. The van der Waals surface area contributed by atoms with E-state index in [9.17, 15) is 0 Å². The van der Waals surface area contributed by atoms with E-state index in [4.69, 9.17) is 5.26 Å². The molecule has 0 spiro atoms. The first-order valence-electron chi connectivity index (χ1n) is 4.14. The largest absolute Gasteiger partial charge is 0.250 e. The number of aryl methyl sites for hydroxylation is 1. The molecule has 12 heavy (non-hydrogen) atoms. The van der Waals surface area contributed by atoms with Crippen LogP contribution in [0.3, 0.4) is 0 Å². The highest BCUT2D eigenvalue weighted by molar-refractivity contribution is 5.25. The fourth-order valence-electron chi connectivity index (χ4n) is 0.945. The van der Waals surface area contributed by atoms with Crippen molar-refractivity contribution in [3.05, 3.63) is 29.6 Å². The third kappa shape index (κ3) is 2.35. The Morgan fingerprint density at radius 3 is 2.92 bits per heavy atom. The van der Waals surface area contributed by atoms with E-state index in [0.717, 1.165) is 18.5 Å². The lowest BCUT2D eigenvalue weighted by molar-refractivity contribution is 0.776. The number of unbranched alkanes of at least 4 members (excludes halogenated alkanes) is 1. The Kier molecular flexibility index (Phi) is 3.28. The maximum atomic E-state index is 8.48. The quantitative estimate of drug-likeness (QED) is 0.677. The molecule has 0 amide bonds. The first-order valence-corrected chi connectivity index (χ1v) is 4.14. The molecule has 0 aliphatic heterocycles.